The maximum atomic E-state index is 5.85. The molecule has 0 saturated heterocycles. The van der Waals surface area contributed by atoms with Crippen LogP contribution < -0.4 is 9.47 Å². The molecule has 0 heterocycles. The molecule has 0 fully saturated rings. The Morgan fingerprint density at radius 2 is 1.04 bits per heavy atom. The lowest BCUT2D eigenvalue weighted by Gasteiger charge is -2.23. The van der Waals surface area contributed by atoms with Gasteiger partial charge in [-0.2, -0.15) is 0 Å². The minimum atomic E-state index is 0.274. The Kier molecular flexibility index (Phi) is 5.08. The van der Waals surface area contributed by atoms with Crippen LogP contribution in [0.5, 0.6) is 11.5 Å². The SMILES string of the molecule is COc1c(-c2ccccc2)cc(-c2ccccc2)c(OC)c1C(C)C. The van der Waals surface area contributed by atoms with Gasteiger partial charge >= 0.3 is 0 Å². The first-order chi connectivity index (χ1) is 12.2. The normalized spacial score (nSPS) is 10.8. The van der Waals surface area contributed by atoms with Gasteiger partial charge in [0.2, 0.25) is 0 Å². The molecule has 2 nitrogen and oxygen atoms in total. The van der Waals surface area contributed by atoms with Gasteiger partial charge in [0.25, 0.3) is 0 Å². The van der Waals surface area contributed by atoms with Gasteiger partial charge in [0, 0.05) is 16.7 Å². The third-order valence-corrected chi connectivity index (χ3v) is 4.42. The smallest absolute Gasteiger partial charge is 0.133 e. The second-order valence-electron chi connectivity index (χ2n) is 6.34. The first-order valence-corrected chi connectivity index (χ1v) is 8.57. The molecule has 0 amide bonds. The monoisotopic (exact) mass is 332 g/mol. The fourth-order valence-electron chi connectivity index (χ4n) is 3.30. The van der Waals surface area contributed by atoms with Crippen molar-refractivity contribution in [2.75, 3.05) is 14.2 Å². The van der Waals surface area contributed by atoms with E-state index in [1.54, 1.807) is 14.2 Å². The number of ether oxygens (including phenoxy) is 2. The van der Waals surface area contributed by atoms with Crippen molar-refractivity contribution in [1.82, 2.24) is 0 Å². The number of hydrogen-bond donors (Lipinski definition) is 0. The van der Waals surface area contributed by atoms with Gasteiger partial charge in [-0.1, -0.05) is 74.5 Å². The molecular weight excluding hydrogens is 308 g/mol. The first-order valence-electron chi connectivity index (χ1n) is 8.57. The van der Waals surface area contributed by atoms with Gasteiger partial charge in [-0.15, -0.1) is 0 Å². The van der Waals surface area contributed by atoms with E-state index in [4.69, 9.17) is 9.47 Å². The second-order valence-corrected chi connectivity index (χ2v) is 6.34. The average molecular weight is 332 g/mol. The van der Waals surface area contributed by atoms with E-state index in [0.717, 1.165) is 39.3 Å². The van der Waals surface area contributed by atoms with E-state index in [2.05, 4.69) is 68.4 Å². The Morgan fingerprint density at radius 3 is 1.36 bits per heavy atom. The summed E-state index contributed by atoms with van der Waals surface area (Å²) in [5, 5.41) is 0. The Hall–Kier alpha value is -2.74. The Balaban J connectivity index is 2.38. The molecule has 25 heavy (non-hydrogen) atoms. The van der Waals surface area contributed by atoms with Crippen LogP contribution in [0.3, 0.4) is 0 Å². The minimum absolute atomic E-state index is 0.274. The van der Waals surface area contributed by atoms with E-state index in [0.29, 0.717) is 0 Å². The highest BCUT2D eigenvalue weighted by molar-refractivity contribution is 5.84. The third-order valence-electron chi connectivity index (χ3n) is 4.42. The van der Waals surface area contributed by atoms with Crippen LogP contribution in [0.1, 0.15) is 25.3 Å². The maximum Gasteiger partial charge on any atom is 0.133 e. The third kappa shape index (κ3) is 3.25. The standard InChI is InChI=1S/C23H24O2/c1-16(2)21-22(24-3)19(17-11-7-5-8-12-17)15-20(23(21)25-4)18-13-9-6-10-14-18/h5-16H,1-4H3. The minimum Gasteiger partial charge on any atom is -0.496 e. The van der Waals surface area contributed by atoms with Crippen LogP contribution >= 0.6 is 0 Å². The van der Waals surface area contributed by atoms with Crippen LogP contribution in [0.4, 0.5) is 0 Å². The summed E-state index contributed by atoms with van der Waals surface area (Å²) in [5.74, 6) is 2.05. The summed E-state index contributed by atoms with van der Waals surface area (Å²) in [6.07, 6.45) is 0. The molecule has 0 saturated carbocycles. The molecule has 3 aromatic carbocycles. The van der Waals surface area contributed by atoms with Crippen molar-refractivity contribution in [2.24, 2.45) is 0 Å². The largest absolute Gasteiger partial charge is 0.496 e. The molecule has 0 aliphatic rings. The van der Waals surface area contributed by atoms with Crippen LogP contribution in [-0.2, 0) is 0 Å². The lowest BCUT2D eigenvalue weighted by Crippen LogP contribution is -2.03. The quantitative estimate of drug-likeness (QED) is 0.557. The van der Waals surface area contributed by atoms with Crippen molar-refractivity contribution in [3.63, 3.8) is 0 Å². The number of rotatable bonds is 5. The predicted molar refractivity (Wildman–Crippen MR) is 105 cm³/mol. The molecule has 0 bridgehead atoms. The zero-order valence-corrected chi connectivity index (χ0v) is 15.2. The van der Waals surface area contributed by atoms with Gasteiger partial charge in [0.15, 0.2) is 0 Å². The summed E-state index contributed by atoms with van der Waals surface area (Å²) in [7, 11) is 3.46. The van der Waals surface area contributed by atoms with E-state index < -0.39 is 0 Å². The highest BCUT2D eigenvalue weighted by atomic mass is 16.5. The highest BCUT2D eigenvalue weighted by Gasteiger charge is 2.23. The van der Waals surface area contributed by atoms with Crippen LogP contribution in [0.2, 0.25) is 0 Å². The molecule has 128 valence electrons. The molecule has 2 heteroatoms. The molecule has 0 atom stereocenters. The fourth-order valence-corrected chi connectivity index (χ4v) is 3.30. The van der Waals surface area contributed by atoms with Gasteiger partial charge in [-0.3, -0.25) is 0 Å². The zero-order chi connectivity index (χ0) is 17.8. The van der Waals surface area contributed by atoms with E-state index in [1.807, 2.05) is 12.1 Å². The molecule has 0 aromatic heterocycles. The van der Waals surface area contributed by atoms with E-state index in [1.165, 1.54) is 0 Å². The van der Waals surface area contributed by atoms with Gasteiger partial charge in [0.05, 0.1) is 14.2 Å². The molecule has 3 rings (SSSR count). The molecule has 0 spiro atoms. The highest BCUT2D eigenvalue weighted by Crippen LogP contribution is 2.47. The van der Waals surface area contributed by atoms with E-state index in [9.17, 15) is 0 Å². The van der Waals surface area contributed by atoms with Crippen molar-refractivity contribution in [2.45, 2.75) is 19.8 Å². The van der Waals surface area contributed by atoms with Gasteiger partial charge in [-0.05, 0) is 23.1 Å². The summed E-state index contributed by atoms with van der Waals surface area (Å²) in [6.45, 7) is 4.34. The molecule has 0 unspecified atom stereocenters. The summed E-state index contributed by atoms with van der Waals surface area (Å²) >= 11 is 0. The summed E-state index contributed by atoms with van der Waals surface area (Å²) in [5.41, 5.74) is 5.56. The topological polar surface area (TPSA) is 18.5 Å². The Morgan fingerprint density at radius 1 is 0.640 bits per heavy atom. The summed E-state index contributed by atoms with van der Waals surface area (Å²) < 4.78 is 11.7. The fraction of sp³-hybridized carbons (Fsp3) is 0.217. The van der Waals surface area contributed by atoms with E-state index in [-0.39, 0.29) is 5.92 Å². The Labute approximate surface area is 150 Å². The second kappa shape index (κ2) is 7.43. The van der Waals surface area contributed by atoms with Crippen molar-refractivity contribution in [3.05, 3.63) is 72.3 Å². The van der Waals surface area contributed by atoms with Crippen LogP contribution in [0.15, 0.2) is 66.7 Å². The van der Waals surface area contributed by atoms with Gasteiger partial charge in [-0.25, -0.2) is 0 Å². The average Bonchev–Trinajstić information content (AvgIpc) is 2.67. The lowest BCUT2D eigenvalue weighted by atomic mass is 9.89. The summed E-state index contributed by atoms with van der Waals surface area (Å²) in [4.78, 5) is 0. The number of benzene rings is 3. The van der Waals surface area contributed by atoms with E-state index >= 15 is 0 Å². The predicted octanol–water partition coefficient (Wildman–Crippen LogP) is 6.16. The molecule has 0 aliphatic heterocycles. The van der Waals surface area contributed by atoms with Crippen LogP contribution in [0.25, 0.3) is 22.3 Å². The van der Waals surface area contributed by atoms with Crippen LogP contribution in [0, 0.1) is 0 Å². The lowest BCUT2D eigenvalue weighted by molar-refractivity contribution is 0.384. The summed E-state index contributed by atoms with van der Waals surface area (Å²) in [6, 6.07) is 22.9. The van der Waals surface area contributed by atoms with Crippen molar-refractivity contribution in [1.29, 1.82) is 0 Å². The van der Waals surface area contributed by atoms with Gasteiger partial charge < -0.3 is 9.47 Å². The van der Waals surface area contributed by atoms with Crippen molar-refractivity contribution in [3.8, 4) is 33.8 Å². The molecule has 0 N–H and O–H groups in total. The van der Waals surface area contributed by atoms with Crippen molar-refractivity contribution < 1.29 is 9.47 Å². The zero-order valence-electron chi connectivity index (χ0n) is 15.2. The molecular formula is C23H24O2. The molecule has 0 aliphatic carbocycles. The number of hydrogen-bond acceptors (Lipinski definition) is 2. The number of methoxy groups -OCH3 is 2. The maximum absolute atomic E-state index is 5.85. The van der Waals surface area contributed by atoms with Gasteiger partial charge in [0.1, 0.15) is 11.5 Å². The van der Waals surface area contributed by atoms with Crippen LogP contribution in [-0.4, -0.2) is 14.2 Å². The molecule has 0 radical (unpaired) electrons. The Bertz CT molecular complexity index is 771. The molecule has 3 aromatic rings. The first kappa shape index (κ1) is 17.1. The van der Waals surface area contributed by atoms with Crippen molar-refractivity contribution >= 4 is 0 Å².